The first-order valence-electron chi connectivity index (χ1n) is 9.54. The highest BCUT2D eigenvalue weighted by atomic mass is 16.3. The molecular formula is C19H38O3. The van der Waals surface area contributed by atoms with Crippen LogP contribution in [-0.2, 0) is 4.79 Å². The summed E-state index contributed by atoms with van der Waals surface area (Å²) in [4.78, 5) is 11.2. The van der Waals surface area contributed by atoms with Crippen LogP contribution in [0, 0.1) is 0 Å². The van der Waals surface area contributed by atoms with Gasteiger partial charge in [-0.05, 0) is 12.8 Å². The van der Waals surface area contributed by atoms with Gasteiger partial charge in [0.1, 0.15) is 5.78 Å². The molecule has 0 amide bonds. The van der Waals surface area contributed by atoms with E-state index in [0.29, 0.717) is 19.4 Å². The maximum Gasteiger partial charge on any atom is 0.135 e. The molecule has 0 bridgehead atoms. The van der Waals surface area contributed by atoms with Crippen molar-refractivity contribution in [3.63, 3.8) is 0 Å². The second-order valence-electron chi connectivity index (χ2n) is 6.44. The van der Waals surface area contributed by atoms with Gasteiger partial charge in [0.25, 0.3) is 0 Å². The maximum atomic E-state index is 11.2. The summed E-state index contributed by atoms with van der Waals surface area (Å²) in [5, 5.41) is 17.3. The summed E-state index contributed by atoms with van der Waals surface area (Å²) in [5.41, 5.74) is 0. The molecule has 0 saturated carbocycles. The van der Waals surface area contributed by atoms with E-state index in [9.17, 15) is 4.79 Å². The first-order valence-corrected chi connectivity index (χ1v) is 9.54. The van der Waals surface area contributed by atoms with Gasteiger partial charge in [0.05, 0.1) is 0 Å². The third-order valence-electron chi connectivity index (χ3n) is 4.25. The molecule has 0 fully saturated rings. The van der Waals surface area contributed by atoms with Crippen molar-refractivity contribution in [3.05, 3.63) is 0 Å². The van der Waals surface area contributed by atoms with Crippen molar-refractivity contribution >= 4 is 5.78 Å². The molecule has 0 atom stereocenters. The molecule has 132 valence electrons. The number of ketones is 1. The summed E-state index contributed by atoms with van der Waals surface area (Å²) >= 11 is 0. The Labute approximate surface area is 137 Å². The molecule has 0 aromatic carbocycles. The monoisotopic (exact) mass is 314 g/mol. The molecule has 3 nitrogen and oxygen atoms in total. The summed E-state index contributed by atoms with van der Waals surface area (Å²) in [6, 6.07) is 0. The van der Waals surface area contributed by atoms with Gasteiger partial charge in [-0.25, -0.2) is 0 Å². The lowest BCUT2D eigenvalue weighted by Gasteiger charge is -2.03. The number of Topliss-reactive ketones (excluding diaryl/α,β-unsaturated/α-hetero) is 1. The van der Waals surface area contributed by atoms with E-state index in [-0.39, 0.29) is 12.4 Å². The first kappa shape index (κ1) is 21.6. The Balaban J connectivity index is 3.01. The van der Waals surface area contributed by atoms with Gasteiger partial charge in [-0.1, -0.05) is 77.0 Å². The third kappa shape index (κ3) is 17.6. The standard InChI is InChI=1S/C19H38O3/c20-17-14-12-10-8-6-4-2-1-3-5-7-9-11-13-15-19(22)16-18-21/h20-21H,1-18H2. The summed E-state index contributed by atoms with van der Waals surface area (Å²) < 4.78 is 0. The molecule has 0 unspecified atom stereocenters. The quantitative estimate of drug-likeness (QED) is 0.358. The second kappa shape index (κ2) is 18.6. The van der Waals surface area contributed by atoms with E-state index in [1.807, 2.05) is 0 Å². The van der Waals surface area contributed by atoms with Gasteiger partial charge in [0.15, 0.2) is 0 Å². The number of hydrogen-bond donors (Lipinski definition) is 2. The van der Waals surface area contributed by atoms with Crippen molar-refractivity contribution in [1.82, 2.24) is 0 Å². The molecule has 0 aliphatic heterocycles. The lowest BCUT2D eigenvalue weighted by Crippen LogP contribution is -2.00. The molecule has 0 aliphatic rings. The first-order chi connectivity index (χ1) is 10.8. The lowest BCUT2D eigenvalue weighted by molar-refractivity contribution is -0.119. The van der Waals surface area contributed by atoms with Crippen molar-refractivity contribution in [1.29, 1.82) is 0 Å². The number of hydrogen-bond acceptors (Lipinski definition) is 3. The van der Waals surface area contributed by atoms with E-state index >= 15 is 0 Å². The van der Waals surface area contributed by atoms with Crippen LogP contribution in [0.1, 0.15) is 103 Å². The predicted octanol–water partition coefficient (Wildman–Crippen LogP) is 4.78. The Kier molecular flexibility index (Phi) is 18.3. The van der Waals surface area contributed by atoms with Gasteiger partial charge in [-0.2, -0.15) is 0 Å². The fourth-order valence-corrected chi connectivity index (χ4v) is 2.80. The van der Waals surface area contributed by atoms with Gasteiger partial charge in [-0.3, -0.25) is 4.79 Å². The Morgan fingerprint density at radius 1 is 0.455 bits per heavy atom. The van der Waals surface area contributed by atoms with E-state index in [2.05, 4.69) is 0 Å². The average molecular weight is 315 g/mol. The molecule has 2 N–H and O–H groups in total. The zero-order valence-corrected chi connectivity index (χ0v) is 14.5. The van der Waals surface area contributed by atoms with Crippen LogP contribution >= 0.6 is 0 Å². The highest BCUT2D eigenvalue weighted by Gasteiger charge is 2.00. The Morgan fingerprint density at radius 3 is 1.18 bits per heavy atom. The maximum absolute atomic E-state index is 11.2. The van der Waals surface area contributed by atoms with Crippen LogP contribution in [0.3, 0.4) is 0 Å². The molecule has 0 radical (unpaired) electrons. The number of aliphatic hydroxyl groups excluding tert-OH is 2. The zero-order chi connectivity index (χ0) is 16.3. The van der Waals surface area contributed by atoms with Crippen LogP contribution in [-0.4, -0.2) is 29.2 Å². The number of carbonyl (C=O) groups is 1. The van der Waals surface area contributed by atoms with Crippen LogP contribution in [0.15, 0.2) is 0 Å². The minimum atomic E-state index is 0.00148. The lowest BCUT2D eigenvalue weighted by atomic mass is 10.0. The highest BCUT2D eigenvalue weighted by molar-refractivity contribution is 5.78. The minimum Gasteiger partial charge on any atom is -0.396 e. The van der Waals surface area contributed by atoms with Gasteiger partial charge < -0.3 is 10.2 Å². The van der Waals surface area contributed by atoms with Crippen molar-refractivity contribution in [2.75, 3.05) is 13.2 Å². The van der Waals surface area contributed by atoms with Crippen LogP contribution in [0.2, 0.25) is 0 Å². The highest BCUT2D eigenvalue weighted by Crippen LogP contribution is 2.13. The molecule has 0 aromatic rings. The zero-order valence-electron chi connectivity index (χ0n) is 14.5. The summed E-state index contributed by atoms with van der Waals surface area (Å²) in [5.74, 6) is 0.207. The van der Waals surface area contributed by atoms with E-state index in [4.69, 9.17) is 10.2 Å². The normalized spacial score (nSPS) is 11.0. The Hall–Kier alpha value is -0.410. The number of carbonyl (C=O) groups excluding carboxylic acids is 1. The Morgan fingerprint density at radius 2 is 0.818 bits per heavy atom. The molecule has 0 rings (SSSR count). The van der Waals surface area contributed by atoms with Crippen molar-refractivity contribution in [2.24, 2.45) is 0 Å². The van der Waals surface area contributed by atoms with Gasteiger partial charge >= 0.3 is 0 Å². The van der Waals surface area contributed by atoms with Gasteiger partial charge in [0, 0.05) is 26.1 Å². The van der Waals surface area contributed by atoms with E-state index in [1.165, 1.54) is 70.6 Å². The largest absolute Gasteiger partial charge is 0.396 e. The van der Waals surface area contributed by atoms with Crippen LogP contribution in [0.4, 0.5) is 0 Å². The molecule has 3 heteroatoms. The average Bonchev–Trinajstić information content (AvgIpc) is 2.51. The fraction of sp³-hybridized carbons (Fsp3) is 0.947. The molecule has 0 aromatic heterocycles. The second-order valence-corrected chi connectivity index (χ2v) is 6.44. The number of aliphatic hydroxyl groups is 2. The van der Waals surface area contributed by atoms with E-state index < -0.39 is 0 Å². The molecule has 22 heavy (non-hydrogen) atoms. The van der Waals surface area contributed by atoms with Crippen LogP contribution in [0.25, 0.3) is 0 Å². The van der Waals surface area contributed by atoms with E-state index in [1.54, 1.807) is 0 Å². The van der Waals surface area contributed by atoms with Crippen LogP contribution < -0.4 is 0 Å². The molecule has 0 heterocycles. The smallest absolute Gasteiger partial charge is 0.135 e. The fourth-order valence-electron chi connectivity index (χ4n) is 2.80. The minimum absolute atomic E-state index is 0.00148. The van der Waals surface area contributed by atoms with Gasteiger partial charge in [0.2, 0.25) is 0 Å². The third-order valence-corrected chi connectivity index (χ3v) is 4.25. The molecule has 0 aliphatic carbocycles. The molecular weight excluding hydrogens is 276 g/mol. The van der Waals surface area contributed by atoms with Crippen molar-refractivity contribution in [3.8, 4) is 0 Å². The summed E-state index contributed by atoms with van der Waals surface area (Å²) in [6.45, 7) is 0.348. The van der Waals surface area contributed by atoms with Gasteiger partial charge in [-0.15, -0.1) is 0 Å². The predicted molar refractivity (Wildman–Crippen MR) is 93.1 cm³/mol. The Bertz CT molecular complexity index is 229. The SMILES string of the molecule is O=C(CCO)CCCCCCCCCCCCCCCCO. The van der Waals surface area contributed by atoms with Crippen LogP contribution in [0.5, 0.6) is 0 Å². The van der Waals surface area contributed by atoms with E-state index in [0.717, 1.165) is 19.3 Å². The topological polar surface area (TPSA) is 57.5 Å². The summed E-state index contributed by atoms with van der Waals surface area (Å²) in [7, 11) is 0. The molecule has 0 spiro atoms. The van der Waals surface area contributed by atoms with Crippen molar-refractivity contribution in [2.45, 2.75) is 103 Å². The number of rotatable bonds is 18. The molecule has 0 saturated heterocycles. The summed E-state index contributed by atoms with van der Waals surface area (Å²) in [6.07, 6.45) is 18.6. The number of unbranched alkanes of at least 4 members (excludes halogenated alkanes) is 13. The van der Waals surface area contributed by atoms with Crippen molar-refractivity contribution < 1.29 is 15.0 Å².